The minimum Gasteiger partial charge on any atom is -0.390 e. The highest BCUT2D eigenvalue weighted by atomic mass is 79.9. The van der Waals surface area contributed by atoms with Gasteiger partial charge >= 0.3 is 0 Å². The molecule has 0 aromatic carbocycles. The number of aliphatic hydroxyl groups is 1. The van der Waals surface area contributed by atoms with Crippen molar-refractivity contribution in [3.05, 3.63) is 0 Å². The lowest BCUT2D eigenvalue weighted by Crippen LogP contribution is -2.52. The normalized spacial score (nSPS) is 54.7. The molecule has 9 atom stereocenters. The van der Waals surface area contributed by atoms with Crippen LogP contribution in [0.3, 0.4) is 0 Å². The average Bonchev–Trinajstić information content (AvgIpc) is 3.42. The highest BCUT2D eigenvalue weighted by Crippen LogP contribution is 2.69. The summed E-state index contributed by atoms with van der Waals surface area (Å²) < 4.78 is 0. The summed E-state index contributed by atoms with van der Waals surface area (Å²) in [6.45, 7) is 4.56. The fourth-order valence-electron chi connectivity index (χ4n) is 8.86. The molecule has 1 N–H and O–H groups in total. The number of hydrogen-bond donors (Lipinski definition) is 1. The third-order valence-electron chi connectivity index (χ3n) is 10.0. The van der Waals surface area contributed by atoms with Crippen molar-refractivity contribution in [2.75, 3.05) is 5.33 Å². The Kier molecular flexibility index (Phi) is 4.64. The minimum absolute atomic E-state index is 0.256. The third kappa shape index (κ3) is 3.00. The summed E-state index contributed by atoms with van der Waals surface area (Å²) in [6, 6.07) is 0. The van der Waals surface area contributed by atoms with E-state index >= 15 is 0 Å². The van der Waals surface area contributed by atoms with Crippen molar-refractivity contribution in [3.8, 4) is 0 Å². The summed E-state index contributed by atoms with van der Waals surface area (Å²) in [6.07, 6.45) is 12.6. The number of rotatable bonds is 3. The molecule has 5 aliphatic rings. The number of carbonyl (C=O) groups is 1. The van der Waals surface area contributed by atoms with Crippen molar-refractivity contribution >= 4 is 21.7 Å². The maximum Gasteiger partial charge on any atom is 0.147 e. The number of fused-ring (bicyclic) bond motifs is 5. The van der Waals surface area contributed by atoms with Crippen LogP contribution in [0.4, 0.5) is 0 Å². The smallest absolute Gasteiger partial charge is 0.147 e. The second-order valence-electron chi connectivity index (χ2n) is 11.5. The van der Waals surface area contributed by atoms with Gasteiger partial charge in [0, 0.05) is 5.92 Å². The lowest BCUT2D eigenvalue weighted by molar-refractivity contribution is -0.131. The molecule has 0 aromatic heterocycles. The molecule has 0 aromatic rings. The highest BCUT2D eigenvalue weighted by Gasteiger charge is 2.63. The van der Waals surface area contributed by atoms with E-state index in [0.29, 0.717) is 17.0 Å². The van der Waals surface area contributed by atoms with Gasteiger partial charge in [0.2, 0.25) is 0 Å². The molecule has 5 fully saturated rings. The molecular formula is C24H37BrO2. The van der Waals surface area contributed by atoms with Gasteiger partial charge in [-0.2, -0.15) is 0 Å². The monoisotopic (exact) mass is 436 g/mol. The fraction of sp³-hybridized carbons (Fsp3) is 0.958. The summed E-state index contributed by atoms with van der Waals surface area (Å²) in [5, 5.41) is 11.2. The molecule has 0 bridgehead atoms. The predicted octanol–water partition coefficient (Wildman–Crippen LogP) is 5.61. The molecule has 2 nitrogen and oxygen atoms in total. The number of carbonyl (C=O) groups excluding carboxylic acids is 1. The van der Waals surface area contributed by atoms with E-state index in [0.717, 1.165) is 54.3 Å². The van der Waals surface area contributed by atoms with E-state index in [4.69, 9.17) is 0 Å². The number of ketones is 1. The van der Waals surface area contributed by atoms with Gasteiger partial charge in [-0.05, 0) is 118 Å². The second-order valence-corrected chi connectivity index (χ2v) is 12.1. The van der Waals surface area contributed by atoms with Gasteiger partial charge in [-0.3, -0.25) is 4.79 Å². The van der Waals surface area contributed by atoms with Gasteiger partial charge in [-0.1, -0.05) is 22.9 Å². The van der Waals surface area contributed by atoms with Crippen LogP contribution < -0.4 is 0 Å². The molecular weight excluding hydrogens is 400 g/mol. The van der Waals surface area contributed by atoms with Gasteiger partial charge in [-0.15, -0.1) is 0 Å². The first-order valence-corrected chi connectivity index (χ1v) is 12.8. The molecule has 0 amide bonds. The van der Waals surface area contributed by atoms with Gasteiger partial charge in [0.05, 0.1) is 10.9 Å². The molecule has 0 radical (unpaired) electrons. The fourth-order valence-corrected chi connectivity index (χ4v) is 9.25. The Hall–Kier alpha value is 0.110. The Labute approximate surface area is 173 Å². The van der Waals surface area contributed by atoms with E-state index < -0.39 is 5.60 Å². The number of halogens is 1. The van der Waals surface area contributed by atoms with E-state index in [9.17, 15) is 9.90 Å². The first-order chi connectivity index (χ1) is 12.8. The third-order valence-corrected chi connectivity index (χ3v) is 10.6. The Morgan fingerprint density at radius 3 is 2.33 bits per heavy atom. The maximum atomic E-state index is 12.8. The summed E-state index contributed by atoms with van der Waals surface area (Å²) in [7, 11) is 0. The highest BCUT2D eigenvalue weighted by molar-refractivity contribution is 9.09. The molecule has 0 heterocycles. The lowest BCUT2D eigenvalue weighted by atomic mass is 9.48. The van der Waals surface area contributed by atoms with Crippen molar-refractivity contribution in [1.82, 2.24) is 0 Å². The number of Topliss-reactive ketones (excluding diaryl/α,β-unsaturated/α-hetero) is 1. The second kappa shape index (κ2) is 6.56. The topological polar surface area (TPSA) is 37.3 Å². The quantitative estimate of drug-likeness (QED) is 0.583. The minimum atomic E-state index is -0.422. The summed E-state index contributed by atoms with van der Waals surface area (Å²) >= 11 is 3.49. The van der Waals surface area contributed by atoms with Crippen molar-refractivity contribution in [1.29, 1.82) is 0 Å². The number of alkyl halides is 1. The van der Waals surface area contributed by atoms with Crippen LogP contribution in [0.15, 0.2) is 0 Å². The Balaban J connectivity index is 1.44. The SMILES string of the molecule is C[C@@]1(O)CCC2C(CCC3[C@@H]2CC[C@]2(C)[C@@H](C(=O)CBr)C[C@@H](C4CC4)[C@@H]32)C1. The Morgan fingerprint density at radius 2 is 1.63 bits per heavy atom. The average molecular weight is 437 g/mol. The first-order valence-electron chi connectivity index (χ1n) is 11.6. The van der Waals surface area contributed by atoms with Crippen LogP contribution in [0.2, 0.25) is 0 Å². The molecule has 3 heteroatoms. The molecule has 0 aliphatic heterocycles. The Morgan fingerprint density at radius 1 is 0.926 bits per heavy atom. The number of hydrogen-bond acceptors (Lipinski definition) is 2. The lowest BCUT2D eigenvalue weighted by Gasteiger charge is -2.57. The summed E-state index contributed by atoms with van der Waals surface area (Å²) in [5.74, 6) is 6.64. The van der Waals surface area contributed by atoms with Crippen LogP contribution >= 0.6 is 15.9 Å². The van der Waals surface area contributed by atoms with E-state index in [2.05, 4.69) is 29.8 Å². The standard InChI is InChI=1S/C24H37BrO2/c1-23(27)9-7-16-15(12-23)5-6-18-17(16)8-10-24(2)20(21(26)13-25)11-19(22(18)24)14-3-4-14/h14-20,22,27H,3-13H2,1-2H3/t15?,16?,17-,18?,19+,20-,22-,23-,24-/m1/s1. The molecule has 5 rings (SSSR count). The van der Waals surface area contributed by atoms with E-state index in [-0.39, 0.29) is 5.41 Å². The van der Waals surface area contributed by atoms with Crippen molar-refractivity contribution < 1.29 is 9.90 Å². The van der Waals surface area contributed by atoms with Crippen LogP contribution in [-0.4, -0.2) is 21.8 Å². The zero-order valence-electron chi connectivity index (χ0n) is 17.1. The van der Waals surface area contributed by atoms with Gasteiger partial charge in [-0.25, -0.2) is 0 Å². The van der Waals surface area contributed by atoms with Crippen molar-refractivity contribution in [3.63, 3.8) is 0 Å². The molecule has 5 saturated carbocycles. The van der Waals surface area contributed by atoms with Crippen LogP contribution in [0.1, 0.15) is 78.1 Å². The molecule has 0 spiro atoms. The molecule has 152 valence electrons. The van der Waals surface area contributed by atoms with Gasteiger partial charge in [0.1, 0.15) is 5.78 Å². The van der Waals surface area contributed by atoms with Crippen LogP contribution in [-0.2, 0) is 4.79 Å². The zero-order valence-corrected chi connectivity index (χ0v) is 18.7. The van der Waals surface area contributed by atoms with Crippen LogP contribution in [0, 0.1) is 52.8 Å². The van der Waals surface area contributed by atoms with Gasteiger partial charge in [0.25, 0.3) is 0 Å². The van der Waals surface area contributed by atoms with Crippen molar-refractivity contribution in [2.45, 2.75) is 83.7 Å². The van der Waals surface area contributed by atoms with Crippen LogP contribution in [0.25, 0.3) is 0 Å². The summed E-state index contributed by atoms with van der Waals surface area (Å²) in [5.41, 5.74) is -0.166. The predicted molar refractivity (Wildman–Crippen MR) is 112 cm³/mol. The maximum absolute atomic E-state index is 12.8. The van der Waals surface area contributed by atoms with Crippen LogP contribution in [0.5, 0.6) is 0 Å². The first kappa shape index (κ1) is 19.1. The summed E-state index contributed by atoms with van der Waals surface area (Å²) in [4.78, 5) is 12.8. The molecule has 3 unspecified atom stereocenters. The molecule has 27 heavy (non-hydrogen) atoms. The molecule has 5 aliphatic carbocycles. The van der Waals surface area contributed by atoms with E-state index in [1.54, 1.807) is 0 Å². The zero-order chi connectivity index (χ0) is 19.0. The van der Waals surface area contributed by atoms with Gasteiger partial charge < -0.3 is 5.11 Å². The van der Waals surface area contributed by atoms with Gasteiger partial charge in [0.15, 0.2) is 0 Å². The largest absolute Gasteiger partial charge is 0.390 e. The molecule has 0 saturated heterocycles. The Bertz CT molecular complexity index is 612. The van der Waals surface area contributed by atoms with E-state index in [1.807, 2.05) is 0 Å². The van der Waals surface area contributed by atoms with E-state index in [1.165, 1.54) is 51.4 Å². The van der Waals surface area contributed by atoms with Crippen molar-refractivity contribution in [2.24, 2.45) is 52.8 Å².